The van der Waals surface area contributed by atoms with Gasteiger partial charge in [0.2, 0.25) is 17.7 Å². The van der Waals surface area contributed by atoms with Crippen LogP contribution in [-0.4, -0.2) is 90.3 Å². The van der Waals surface area contributed by atoms with Crippen LogP contribution in [0.3, 0.4) is 0 Å². The molecular formula is C50H67N5O7. The molecule has 0 unspecified atom stereocenters. The lowest BCUT2D eigenvalue weighted by atomic mass is 9.95. The summed E-state index contributed by atoms with van der Waals surface area (Å²) < 4.78 is 11.2. The lowest BCUT2D eigenvalue weighted by Gasteiger charge is -2.31. The Morgan fingerprint density at radius 2 is 1.48 bits per heavy atom. The molecule has 12 nitrogen and oxygen atoms in total. The Morgan fingerprint density at radius 1 is 0.855 bits per heavy atom. The van der Waals surface area contributed by atoms with Crippen LogP contribution in [0.2, 0.25) is 0 Å². The van der Waals surface area contributed by atoms with Crippen molar-refractivity contribution in [1.82, 2.24) is 25.8 Å². The van der Waals surface area contributed by atoms with Crippen molar-refractivity contribution in [2.45, 2.75) is 111 Å². The Kier molecular flexibility index (Phi) is 17.2. The summed E-state index contributed by atoms with van der Waals surface area (Å²) in [6.45, 7) is 15.1. The number of carbonyl (C=O) groups is 5. The quantitative estimate of drug-likeness (QED) is 0.0626. The number of nitrogens with one attached hydrogen (secondary N) is 3. The number of hydrogen-bond donors (Lipinski definition) is 3. The number of rotatable bonds is 19. The predicted molar refractivity (Wildman–Crippen MR) is 242 cm³/mol. The first kappa shape index (κ1) is 47.4. The fourth-order valence-corrected chi connectivity index (χ4v) is 8.45. The van der Waals surface area contributed by atoms with Gasteiger partial charge in [0, 0.05) is 32.1 Å². The lowest BCUT2D eigenvalue weighted by Crippen LogP contribution is -2.52. The molecule has 1 saturated heterocycles. The summed E-state index contributed by atoms with van der Waals surface area (Å²) in [5, 5.41) is 8.86. The average Bonchev–Trinajstić information content (AvgIpc) is 3.83. The predicted octanol–water partition coefficient (Wildman–Crippen LogP) is 8.21. The number of carbonyl (C=O) groups excluding carboxylic acids is 5. The van der Waals surface area contributed by atoms with Crippen LogP contribution in [0.1, 0.15) is 103 Å². The first-order chi connectivity index (χ1) is 29.7. The minimum atomic E-state index is -1.01. The van der Waals surface area contributed by atoms with Gasteiger partial charge in [-0.2, -0.15) is 0 Å². The van der Waals surface area contributed by atoms with Gasteiger partial charge in [-0.3, -0.25) is 14.4 Å². The number of hydrogen-bond acceptors (Lipinski definition) is 7. The van der Waals surface area contributed by atoms with E-state index in [2.05, 4.69) is 54.1 Å². The lowest BCUT2D eigenvalue weighted by molar-refractivity contribution is -0.143. The molecule has 3 aromatic carbocycles. The van der Waals surface area contributed by atoms with Crippen molar-refractivity contribution in [1.29, 1.82) is 0 Å². The molecule has 5 amide bonds. The topological polar surface area (TPSA) is 146 Å². The van der Waals surface area contributed by atoms with Gasteiger partial charge in [0.05, 0.1) is 12.0 Å². The number of alkyl carbamates (subject to hydrolysis) is 2. The van der Waals surface area contributed by atoms with Crippen LogP contribution in [-0.2, 0) is 30.3 Å². The molecule has 2 aliphatic rings. The van der Waals surface area contributed by atoms with E-state index >= 15 is 0 Å². The second-order valence-corrected chi connectivity index (χ2v) is 17.7. The van der Waals surface area contributed by atoms with Crippen LogP contribution in [0, 0.1) is 17.8 Å². The highest BCUT2D eigenvalue weighted by Crippen LogP contribution is 2.44. The van der Waals surface area contributed by atoms with Crippen LogP contribution in [0.15, 0.2) is 91.0 Å². The molecule has 1 aliphatic heterocycles. The van der Waals surface area contributed by atoms with E-state index in [4.69, 9.17) is 9.47 Å². The van der Waals surface area contributed by atoms with Gasteiger partial charge < -0.3 is 35.2 Å². The van der Waals surface area contributed by atoms with E-state index < -0.39 is 41.7 Å². The van der Waals surface area contributed by atoms with Crippen molar-refractivity contribution >= 4 is 29.9 Å². The van der Waals surface area contributed by atoms with E-state index in [0.717, 1.165) is 27.8 Å². The Hall–Kier alpha value is -5.65. The summed E-state index contributed by atoms with van der Waals surface area (Å²) in [4.78, 5) is 71.5. The van der Waals surface area contributed by atoms with Crippen molar-refractivity contribution in [3.8, 4) is 11.1 Å². The van der Waals surface area contributed by atoms with Gasteiger partial charge in [-0.1, -0.05) is 105 Å². The molecule has 0 radical (unpaired) electrons. The Balaban J connectivity index is 1.23. The maximum atomic E-state index is 14.5. The molecule has 0 aromatic heterocycles. The fourth-order valence-electron chi connectivity index (χ4n) is 8.45. The van der Waals surface area contributed by atoms with Gasteiger partial charge >= 0.3 is 12.2 Å². The van der Waals surface area contributed by atoms with Crippen molar-refractivity contribution < 1.29 is 33.4 Å². The maximum absolute atomic E-state index is 14.5. The SMILES string of the molecule is CCN(CC)C(=O)[C@@H](CCCNC(=O)OCC1c2ccccc2-c2ccccc21)C(=O)N[C@@H]1CCCN1C(=O)[C@H](/C=C/[C@H](CC(C)C)NC(=O)OC(C)(C)C)Cc1ccccc1. The van der Waals surface area contributed by atoms with Crippen LogP contribution in [0.25, 0.3) is 11.1 Å². The minimum absolute atomic E-state index is 0.0671. The molecule has 0 spiro atoms. The molecule has 3 N–H and O–H groups in total. The molecule has 1 fully saturated rings. The van der Waals surface area contributed by atoms with Gasteiger partial charge in [-0.05, 0) is 107 Å². The molecular weight excluding hydrogens is 783 g/mol. The third-order valence-electron chi connectivity index (χ3n) is 11.4. The van der Waals surface area contributed by atoms with Crippen LogP contribution in [0.5, 0.6) is 0 Å². The zero-order valence-electron chi connectivity index (χ0n) is 37.7. The van der Waals surface area contributed by atoms with Gasteiger partial charge in [0.25, 0.3) is 0 Å². The molecule has 62 heavy (non-hydrogen) atoms. The first-order valence-corrected chi connectivity index (χ1v) is 22.4. The molecule has 1 aliphatic carbocycles. The molecule has 1 heterocycles. The second kappa shape index (κ2) is 22.4. The van der Waals surface area contributed by atoms with E-state index in [0.29, 0.717) is 51.7 Å². The second-order valence-electron chi connectivity index (χ2n) is 17.7. The summed E-state index contributed by atoms with van der Waals surface area (Å²) in [5.74, 6) is -2.27. The Morgan fingerprint density at radius 3 is 2.10 bits per heavy atom. The Bertz CT molecular complexity index is 1960. The normalized spacial score (nSPS) is 16.3. The number of benzene rings is 3. The summed E-state index contributed by atoms with van der Waals surface area (Å²) in [5.41, 5.74) is 4.86. The maximum Gasteiger partial charge on any atom is 0.408 e. The van der Waals surface area contributed by atoms with Crippen molar-refractivity contribution in [2.75, 3.05) is 32.8 Å². The largest absolute Gasteiger partial charge is 0.449 e. The van der Waals surface area contributed by atoms with Crippen LogP contribution >= 0.6 is 0 Å². The highest BCUT2D eigenvalue weighted by Gasteiger charge is 2.37. The molecule has 3 aromatic rings. The molecule has 334 valence electrons. The van der Waals surface area contributed by atoms with Crippen molar-refractivity contribution in [3.63, 3.8) is 0 Å². The average molecular weight is 850 g/mol. The fraction of sp³-hybridized carbons (Fsp3) is 0.500. The van der Waals surface area contributed by atoms with Gasteiger partial charge in [0.1, 0.15) is 24.3 Å². The molecule has 0 saturated carbocycles. The molecule has 4 atom stereocenters. The standard InChI is InChI=1S/C50H67N5O7/c1-8-54(9-2)47(58)42(25-17-29-51-48(59)61-33-43-40-23-15-13-21-38(40)39-22-14-16-24-41(39)43)45(56)53-44-26-18-30-55(44)46(57)36(32-35-19-11-10-12-20-35)27-28-37(31-34(3)4)52-49(60)62-50(5,6)7/h10-16,19-24,27-28,34,36-37,42-44H,8-9,17-18,25-26,29-33H2,1-7H3,(H,51,59)(H,52,60)(H,53,56)/b28-27+/t36-,37-,42+,44+/m1/s1. The van der Waals surface area contributed by atoms with Crippen molar-refractivity contribution in [3.05, 3.63) is 108 Å². The molecule has 5 rings (SSSR count). The number of nitrogens with zero attached hydrogens (tertiary/aromatic N) is 2. The van der Waals surface area contributed by atoms with Crippen LogP contribution in [0.4, 0.5) is 9.59 Å². The van der Waals surface area contributed by atoms with Gasteiger partial charge in [-0.25, -0.2) is 9.59 Å². The number of fused-ring (bicyclic) bond motifs is 3. The third kappa shape index (κ3) is 13.2. The molecule has 0 bridgehead atoms. The van der Waals surface area contributed by atoms with Gasteiger partial charge in [-0.15, -0.1) is 0 Å². The zero-order valence-corrected chi connectivity index (χ0v) is 37.7. The first-order valence-electron chi connectivity index (χ1n) is 22.4. The highest BCUT2D eigenvalue weighted by atomic mass is 16.6. The number of ether oxygens (including phenoxy) is 2. The van der Waals surface area contributed by atoms with E-state index in [1.54, 1.807) is 9.80 Å². The van der Waals surface area contributed by atoms with E-state index in [-0.39, 0.29) is 49.3 Å². The highest BCUT2D eigenvalue weighted by molar-refractivity contribution is 6.00. The van der Waals surface area contributed by atoms with Crippen molar-refractivity contribution in [2.24, 2.45) is 17.8 Å². The zero-order chi connectivity index (χ0) is 44.8. The minimum Gasteiger partial charge on any atom is -0.449 e. The third-order valence-corrected chi connectivity index (χ3v) is 11.4. The van der Waals surface area contributed by atoms with E-state index in [9.17, 15) is 24.0 Å². The van der Waals surface area contributed by atoms with Gasteiger partial charge in [0.15, 0.2) is 0 Å². The van der Waals surface area contributed by atoms with E-state index in [1.807, 2.05) is 101 Å². The Labute approximate surface area is 368 Å². The molecule has 12 heteroatoms. The monoisotopic (exact) mass is 850 g/mol. The smallest absolute Gasteiger partial charge is 0.408 e. The van der Waals surface area contributed by atoms with E-state index in [1.165, 1.54) is 0 Å². The summed E-state index contributed by atoms with van der Waals surface area (Å²) in [6, 6.07) is 25.7. The number of likely N-dealkylation sites (tertiary alicyclic amines) is 1. The van der Waals surface area contributed by atoms with Crippen LogP contribution < -0.4 is 16.0 Å². The summed E-state index contributed by atoms with van der Waals surface area (Å²) >= 11 is 0. The summed E-state index contributed by atoms with van der Waals surface area (Å²) in [7, 11) is 0. The summed E-state index contributed by atoms with van der Waals surface area (Å²) in [6.07, 6.45) is 4.94. The number of amides is 5.